The Morgan fingerprint density at radius 3 is 2.81 bits per heavy atom. The first kappa shape index (κ1) is 13.7. The van der Waals surface area contributed by atoms with Gasteiger partial charge in [0.15, 0.2) is 9.84 Å². The van der Waals surface area contributed by atoms with Crippen molar-refractivity contribution in [2.45, 2.75) is 12.3 Å². The molecule has 6 nitrogen and oxygen atoms in total. The van der Waals surface area contributed by atoms with E-state index in [0.717, 1.165) is 16.5 Å². The van der Waals surface area contributed by atoms with Crippen molar-refractivity contribution in [2.75, 3.05) is 6.26 Å². The lowest BCUT2D eigenvalue weighted by Crippen LogP contribution is -2.02. The summed E-state index contributed by atoms with van der Waals surface area (Å²) in [4.78, 5) is 4.39. The van der Waals surface area contributed by atoms with E-state index in [-0.39, 0.29) is 5.75 Å². The second kappa shape index (κ2) is 5.25. The topological polar surface area (TPSA) is 77.7 Å². The molecule has 0 saturated heterocycles. The molecular formula is C14H14N4O2S. The van der Waals surface area contributed by atoms with Crippen molar-refractivity contribution in [1.82, 2.24) is 20.0 Å². The number of aromatic nitrogens is 4. The maximum atomic E-state index is 11.3. The highest BCUT2D eigenvalue weighted by Crippen LogP contribution is 2.16. The van der Waals surface area contributed by atoms with E-state index in [1.807, 2.05) is 30.3 Å². The molecule has 0 unspecified atom stereocenters. The van der Waals surface area contributed by atoms with Crippen LogP contribution in [0.5, 0.6) is 0 Å². The first-order valence-corrected chi connectivity index (χ1v) is 8.47. The molecule has 108 valence electrons. The van der Waals surface area contributed by atoms with Gasteiger partial charge in [-0.2, -0.15) is 0 Å². The van der Waals surface area contributed by atoms with E-state index in [0.29, 0.717) is 12.2 Å². The van der Waals surface area contributed by atoms with Crippen molar-refractivity contribution >= 4 is 20.7 Å². The molecule has 2 heterocycles. The van der Waals surface area contributed by atoms with E-state index in [2.05, 4.69) is 15.3 Å². The molecule has 0 bridgehead atoms. The van der Waals surface area contributed by atoms with Gasteiger partial charge in [-0.3, -0.25) is 4.98 Å². The second-order valence-corrected chi connectivity index (χ2v) is 7.11. The fourth-order valence-corrected chi connectivity index (χ4v) is 2.89. The highest BCUT2D eigenvalue weighted by Gasteiger charge is 2.10. The third kappa shape index (κ3) is 3.25. The summed E-state index contributed by atoms with van der Waals surface area (Å²) in [5, 5.41) is 8.93. The predicted octanol–water partition coefficient (Wildman–Crippen LogP) is 1.42. The summed E-state index contributed by atoms with van der Waals surface area (Å²) >= 11 is 0. The zero-order chi connectivity index (χ0) is 14.9. The van der Waals surface area contributed by atoms with Crippen LogP contribution in [0.4, 0.5) is 0 Å². The van der Waals surface area contributed by atoms with E-state index < -0.39 is 9.84 Å². The molecule has 7 heteroatoms. The summed E-state index contributed by atoms with van der Waals surface area (Å²) in [7, 11) is -3.10. The highest BCUT2D eigenvalue weighted by atomic mass is 32.2. The molecule has 0 fully saturated rings. The molecule has 21 heavy (non-hydrogen) atoms. The first-order valence-electron chi connectivity index (χ1n) is 6.41. The van der Waals surface area contributed by atoms with Gasteiger partial charge in [0.2, 0.25) is 0 Å². The average Bonchev–Trinajstić information content (AvgIpc) is 2.84. The number of hydrogen-bond donors (Lipinski definition) is 0. The van der Waals surface area contributed by atoms with Gasteiger partial charge in [-0.25, -0.2) is 13.1 Å². The van der Waals surface area contributed by atoms with E-state index >= 15 is 0 Å². The van der Waals surface area contributed by atoms with E-state index in [9.17, 15) is 8.42 Å². The van der Waals surface area contributed by atoms with Gasteiger partial charge in [0, 0.05) is 24.0 Å². The smallest absolute Gasteiger partial charge is 0.153 e. The summed E-state index contributed by atoms with van der Waals surface area (Å²) in [5.41, 5.74) is 2.38. The number of fused-ring (bicyclic) bond motifs is 1. The minimum atomic E-state index is -3.10. The molecule has 0 saturated carbocycles. The van der Waals surface area contributed by atoms with Crippen LogP contribution in [0, 0.1) is 0 Å². The van der Waals surface area contributed by atoms with Gasteiger partial charge in [0.25, 0.3) is 0 Å². The fourth-order valence-electron chi connectivity index (χ4n) is 2.22. The molecule has 0 amide bonds. The number of benzene rings is 1. The lowest BCUT2D eigenvalue weighted by Gasteiger charge is -2.04. The molecule has 3 rings (SSSR count). The number of nitrogens with zero attached hydrogens (tertiary/aromatic N) is 4. The number of hydrogen-bond acceptors (Lipinski definition) is 5. The minimum Gasteiger partial charge on any atom is -0.256 e. The van der Waals surface area contributed by atoms with E-state index in [1.54, 1.807) is 17.1 Å². The molecule has 3 aromatic rings. The summed E-state index contributed by atoms with van der Waals surface area (Å²) in [5.74, 6) is -0.0964. The monoisotopic (exact) mass is 302 g/mol. The van der Waals surface area contributed by atoms with Crippen LogP contribution in [0.25, 0.3) is 10.9 Å². The maximum Gasteiger partial charge on any atom is 0.153 e. The Morgan fingerprint density at radius 1 is 1.19 bits per heavy atom. The predicted molar refractivity (Wildman–Crippen MR) is 79.4 cm³/mol. The molecular weight excluding hydrogens is 288 g/mol. The van der Waals surface area contributed by atoms with Crippen molar-refractivity contribution in [1.29, 1.82) is 0 Å². The quantitative estimate of drug-likeness (QED) is 0.728. The first-order chi connectivity index (χ1) is 10.0. The van der Waals surface area contributed by atoms with Gasteiger partial charge >= 0.3 is 0 Å². The zero-order valence-corrected chi connectivity index (χ0v) is 12.3. The largest absolute Gasteiger partial charge is 0.256 e. The van der Waals surface area contributed by atoms with Crippen molar-refractivity contribution in [3.05, 3.63) is 54.0 Å². The Kier molecular flexibility index (Phi) is 3.42. The Labute approximate surface area is 122 Å². The third-order valence-corrected chi connectivity index (χ3v) is 3.86. The van der Waals surface area contributed by atoms with Crippen LogP contribution in [0.2, 0.25) is 0 Å². The standard InChI is InChI=1S/C14H14N4O2S/c1-21(19,20)10-13-9-18(17-16-13)8-12-5-2-4-11-6-3-7-15-14(11)12/h2-7,9H,8,10H2,1H3. The molecule has 0 N–H and O–H groups in total. The molecule has 0 radical (unpaired) electrons. The van der Waals surface area contributed by atoms with E-state index in [4.69, 9.17) is 0 Å². The molecule has 0 spiro atoms. The van der Waals surface area contributed by atoms with Crippen LogP contribution in [-0.4, -0.2) is 34.7 Å². The summed E-state index contributed by atoms with van der Waals surface area (Å²) in [6.07, 6.45) is 4.59. The van der Waals surface area contributed by atoms with E-state index in [1.165, 1.54) is 6.26 Å². The molecule has 0 aliphatic rings. The van der Waals surface area contributed by atoms with Crippen LogP contribution in [0.1, 0.15) is 11.3 Å². The van der Waals surface area contributed by atoms with Crippen molar-refractivity contribution in [3.63, 3.8) is 0 Å². The van der Waals surface area contributed by atoms with Crippen LogP contribution in [0.3, 0.4) is 0 Å². The second-order valence-electron chi connectivity index (χ2n) is 4.97. The Morgan fingerprint density at radius 2 is 2.00 bits per heavy atom. The molecule has 0 atom stereocenters. The van der Waals surface area contributed by atoms with Gasteiger partial charge in [-0.05, 0) is 11.6 Å². The normalized spacial score (nSPS) is 11.9. The maximum absolute atomic E-state index is 11.3. The zero-order valence-electron chi connectivity index (χ0n) is 11.5. The summed E-state index contributed by atoms with van der Waals surface area (Å²) < 4.78 is 24.1. The SMILES string of the molecule is CS(=O)(=O)Cc1cn(Cc2cccc3cccnc23)nn1. The van der Waals surface area contributed by atoms with Crippen molar-refractivity contribution in [3.8, 4) is 0 Å². The molecule has 1 aromatic carbocycles. The third-order valence-electron chi connectivity index (χ3n) is 3.04. The number of sulfone groups is 1. The Bertz CT molecular complexity index is 881. The Balaban J connectivity index is 1.89. The summed E-state index contributed by atoms with van der Waals surface area (Å²) in [6, 6.07) is 9.84. The number of para-hydroxylation sites is 1. The minimum absolute atomic E-state index is 0.0964. The highest BCUT2D eigenvalue weighted by molar-refractivity contribution is 7.89. The number of rotatable bonds is 4. The lowest BCUT2D eigenvalue weighted by atomic mass is 10.1. The number of pyridine rings is 1. The van der Waals surface area contributed by atoms with Gasteiger partial charge in [0.1, 0.15) is 0 Å². The molecule has 2 aromatic heterocycles. The van der Waals surface area contributed by atoms with Crippen molar-refractivity contribution < 1.29 is 8.42 Å². The van der Waals surface area contributed by atoms with Gasteiger partial charge in [-0.15, -0.1) is 5.10 Å². The lowest BCUT2D eigenvalue weighted by molar-refractivity contribution is 0.600. The van der Waals surface area contributed by atoms with Crippen LogP contribution < -0.4 is 0 Å². The van der Waals surface area contributed by atoms with Crippen LogP contribution >= 0.6 is 0 Å². The van der Waals surface area contributed by atoms with Crippen molar-refractivity contribution in [2.24, 2.45) is 0 Å². The Hall–Kier alpha value is -2.28. The van der Waals surface area contributed by atoms with Gasteiger partial charge < -0.3 is 0 Å². The fraction of sp³-hybridized carbons (Fsp3) is 0.214. The molecule has 0 aliphatic heterocycles. The summed E-state index contributed by atoms with van der Waals surface area (Å²) in [6.45, 7) is 0.505. The average molecular weight is 302 g/mol. The van der Waals surface area contributed by atoms with Crippen LogP contribution in [0.15, 0.2) is 42.7 Å². The van der Waals surface area contributed by atoms with Gasteiger partial charge in [0.05, 0.1) is 23.5 Å². The van der Waals surface area contributed by atoms with Gasteiger partial charge in [-0.1, -0.05) is 29.5 Å². The molecule has 0 aliphatic carbocycles. The van der Waals surface area contributed by atoms with Crippen LogP contribution in [-0.2, 0) is 22.1 Å².